The van der Waals surface area contributed by atoms with Crippen LogP contribution >= 0.6 is 0 Å². The molecule has 1 atom stereocenters. The van der Waals surface area contributed by atoms with Gasteiger partial charge in [0.2, 0.25) is 5.91 Å². The Morgan fingerprint density at radius 3 is 2.58 bits per heavy atom. The quantitative estimate of drug-likeness (QED) is 0.239. The molecular weight excluding hydrogens is 254 g/mol. The number of ether oxygens (including phenoxy) is 1. The van der Waals surface area contributed by atoms with Crippen LogP contribution in [0.5, 0.6) is 0 Å². The Morgan fingerprint density at radius 1 is 1.26 bits per heavy atom. The van der Waals surface area contributed by atoms with Crippen LogP contribution in [0.15, 0.2) is 0 Å². The summed E-state index contributed by atoms with van der Waals surface area (Å²) in [6, 6.07) is 0. The van der Waals surface area contributed by atoms with E-state index in [1.54, 1.807) is 0 Å². The maximum Gasteiger partial charge on any atom is 0.293 e. The van der Waals surface area contributed by atoms with Gasteiger partial charge in [-0.05, 0) is 13.3 Å². The van der Waals surface area contributed by atoms with E-state index in [-0.39, 0.29) is 44.2 Å². The van der Waals surface area contributed by atoms with E-state index in [4.69, 9.17) is 14.5 Å². The molecule has 19 heavy (non-hydrogen) atoms. The highest BCUT2D eigenvalue weighted by Crippen LogP contribution is 1.95. The molecule has 1 unspecified atom stereocenters. The van der Waals surface area contributed by atoms with Crippen LogP contribution < -0.4 is 5.32 Å². The first-order valence-electron chi connectivity index (χ1n) is 6.19. The van der Waals surface area contributed by atoms with Gasteiger partial charge in [-0.25, -0.2) is 9.78 Å². The lowest BCUT2D eigenvalue weighted by atomic mass is 10.2. The van der Waals surface area contributed by atoms with Gasteiger partial charge in [0.25, 0.3) is 6.47 Å². The zero-order valence-corrected chi connectivity index (χ0v) is 11.3. The van der Waals surface area contributed by atoms with Crippen LogP contribution in [-0.4, -0.2) is 44.0 Å². The van der Waals surface area contributed by atoms with Crippen molar-refractivity contribution in [1.82, 2.24) is 5.32 Å². The van der Waals surface area contributed by atoms with E-state index >= 15 is 0 Å². The first kappa shape index (κ1) is 17.5. The zero-order valence-electron chi connectivity index (χ0n) is 11.3. The SMILES string of the molecule is CCCOOCC(CNC(=O)CCC(C)=O)OC=O. The summed E-state index contributed by atoms with van der Waals surface area (Å²) in [5.74, 6) is -0.323. The second kappa shape index (κ2) is 11.6. The minimum absolute atomic E-state index is 0.0335. The first-order chi connectivity index (χ1) is 9.10. The molecule has 0 radical (unpaired) electrons. The third-order valence-corrected chi connectivity index (χ3v) is 2.10. The average Bonchev–Trinajstić information content (AvgIpc) is 2.38. The molecule has 0 aromatic carbocycles. The summed E-state index contributed by atoms with van der Waals surface area (Å²) in [5, 5.41) is 2.55. The van der Waals surface area contributed by atoms with Gasteiger partial charge >= 0.3 is 0 Å². The second-order valence-electron chi connectivity index (χ2n) is 3.97. The summed E-state index contributed by atoms with van der Waals surface area (Å²) in [6.45, 7) is 4.23. The number of Topliss-reactive ketones (excluding diaryl/α,β-unsaturated/α-hetero) is 1. The maximum absolute atomic E-state index is 11.4. The van der Waals surface area contributed by atoms with Gasteiger partial charge in [-0.2, -0.15) is 0 Å². The average molecular weight is 275 g/mol. The maximum atomic E-state index is 11.4. The van der Waals surface area contributed by atoms with Crippen LogP contribution in [0.1, 0.15) is 33.1 Å². The van der Waals surface area contributed by atoms with E-state index in [1.807, 2.05) is 6.92 Å². The standard InChI is InChI=1S/C12H21NO6/c1-3-6-18-19-8-11(17-9-14)7-13-12(16)5-4-10(2)15/h9,11H,3-8H2,1-2H3,(H,13,16). The van der Waals surface area contributed by atoms with Crippen LogP contribution in [0.3, 0.4) is 0 Å². The minimum atomic E-state index is -0.615. The highest BCUT2D eigenvalue weighted by Gasteiger charge is 2.12. The number of hydrogen-bond acceptors (Lipinski definition) is 6. The van der Waals surface area contributed by atoms with E-state index in [2.05, 4.69) is 5.32 Å². The molecule has 110 valence electrons. The Hall–Kier alpha value is -1.47. The molecule has 0 aliphatic heterocycles. The highest BCUT2D eigenvalue weighted by atomic mass is 17.2. The molecule has 7 nitrogen and oxygen atoms in total. The molecule has 7 heteroatoms. The minimum Gasteiger partial charge on any atom is -0.460 e. The lowest BCUT2D eigenvalue weighted by molar-refractivity contribution is -0.304. The number of ketones is 1. The van der Waals surface area contributed by atoms with Crippen molar-refractivity contribution < 1.29 is 28.9 Å². The molecule has 0 spiro atoms. The van der Waals surface area contributed by atoms with Crippen molar-refractivity contribution in [1.29, 1.82) is 0 Å². The van der Waals surface area contributed by atoms with E-state index in [9.17, 15) is 14.4 Å². The van der Waals surface area contributed by atoms with Gasteiger partial charge in [0.05, 0.1) is 13.2 Å². The van der Waals surface area contributed by atoms with Crippen LogP contribution in [0, 0.1) is 0 Å². The van der Waals surface area contributed by atoms with Crippen LogP contribution in [0.25, 0.3) is 0 Å². The number of rotatable bonds is 12. The van der Waals surface area contributed by atoms with Crippen molar-refractivity contribution >= 4 is 18.2 Å². The lowest BCUT2D eigenvalue weighted by Gasteiger charge is -2.15. The van der Waals surface area contributed by atoms with Crippen molar-refractivity contribution in [3.05, 3.63) is 0 Å². The van der Waals surface area contributed by atoms with Crippen molar-refractivity contribution in [2.75, 3.05) is 19.8 Å². The molecular formula is C12H21NO6. The summed E-state index contributed by atoms with van der Waals surface area (Å²) in [5.41, 5.74) is 0. The van der Waals surface area contributed by atoms with Gasteiger partial charge in [0.1, 0.15) is 18.5 Å². The largest absolute Gasteiger partial charge is 0.460 e. The van der Waals surface area contributed by atoms with Gasteiger partial charge < -0.3 is 14.8 Å². The molecule has 0 saturated carbocycles. The van der Waals surface area contributed by atoms with E-state index in [1.165, 1.54) is 6.92 Å². The monoisotopic (exact) mass is 275 g/mol. The normalized spacial score (nSPS) is 11.7. The van der Waals surface area contributed by atoms with Crippen molar-refractivity contribution in [2.45, 2.75) is 39.2 Å². The van der Waals surface area contributed by atoms with Crippen LogP contribution in [-0.2, 0) is 28.9 Å². The number of carbonyl (C=O) groups excluding carboxylic acids is 3. The third-order valence-electron chi connectivity index (χ3n) is 2.10. The molecule has 0 bridgehead atoms. The Labute approximate surface area is 112 Å². The van der Waals surface area contributed by atoms with Crippen molar-refractivity contribution in [2.24, 2.45) is 0 Å². The smallest absolute Gasteiger partial charge is 0.293 e. The first-order valence-corrected chi connectivity index (χ1v) is 6.19. The fourth-order valence-corrected chi connectivity index (χ4v) is 1.10. The molecule has 0 aliphatic rings. The van der Waals surface area contributed by atoms with E-state index < -0.39 is 6.10 Å². The Bertz CT molecular complexity index is 281. The predicted octanol–water partition coefficient (Wildman–Crippen LogP) is 0.372. The topological polar surface area (TPSA) is 90.9 Å². The Morgan fingerprint density at radius 2 is 2.00 bits per heavy atom. The number of amides is 1. The highest BCUT2D eigenvalue weighted by molar-refractivity contribution is 5.83. The molecule has 0 heterocycles. The van der Waals surface area contributed by atoms with Crippen LogP contribution in [0.4, 0.5) is 0 Å². The second-order valence-corrected chi connectivity index (χ2v) is 3.97. The molecule has 0 aromatic rings. The molecule has 0 aromatic heterocycles. The fourth-order valence-electron chi connectivity index (χ4n) is 1.10. The third kappa shape index (κ3) is 11.4. The Kier molecular flexibility index (Phi) is 10.7. The number of nitrogens with one attached hydrogen (secondary N) is 1. The molecule has 0 fully saturated rings. The van der Waals surface area contributed by atoms with Gasteiger partial charge in [0, 0.05) is 12.8 Å². The number of carbonyl (C=O) groups is 3. The molecule has 1 amide bonds. The summed E-state index contributed by atoms with van der Waals surface area (Å²) < 4.78 is 4.73. The molecule has 0 rings (SSSR count). The van der Waals surface area contributed by atoms with Crippen LogP contribution in [0.2, 0.25) is 0 Å². The summed E-state index contributed by atoms with van der Waals surface area (Å²) >= 11 is 0. The van der Waals surface area contributed by atoms with Gasteiger partial charge in [0.15, 0.2) is 0 Å². The van der Waals surface area contributed by atoms with Gasteiger partial charge in [-0.3, -0.25) is 9.59 Å². The van der Waals surface area contributed by atoms with Crippen molar-refractivity contribution in [3.63, 3.8) is 0 Å². The summed E-state index contributed by atoms with van der Waals surface area (Å²) in [7, 11) is 0. The summed E-state index contributed by atoms with van der Waals surface area (Å²) in [6.07, 6.45) is 0.508. The summed E-state index contributed by atoms with van der Waals surface area (Å²) in [4.78, 5) is 42.0. The van der Waals surface area contributed by atoms with E-state index in [0.717, 1.165) is 6.42 Å². The fraction of sp³-hybridized carbons (Fsp3) is 0.750. The lowest BCUT2D eigenvalue weighted by Crippen LogP contribution is -2.36. The van der Waals surface area contributed by atoms with Gasteiger partial charge in [-0.15, -0.1) is 0 Å². The predicted molar refractivity (Wildman–Crippen MR) is 66.1 cm³/mol. The molecule has 0 saturated heterocycles. The molecule has 0 aliphatic carbocycles. The Balaban J connectivity index is 3.82. The number of hydrogen-bond donors (Lipinski definition) is 1. The van der Waals surface area contributed by atoms with Gasteiger partial charge in [-0.1, -0.05) is 6.92 Å². The van der Waals surface area contributed by atoms with Crippen molar-refractivity contribution in [3.8, 4) is 0 Å². The van der Waals surface area contributed by atoms with E-state index in [0.29, 0.717) is 6.61 Å². The molecule has 1 N–H and O–H groups in total. The zero-order chi connectivity index (χ0) is 14.5.